The molecule has 0 bridgehead atoms. The lowest BCUT2D eigenvalue weighted by atomic mass is 10.2. The minimum absolute atomic E-state index is 0.0334. The minimum atomic E-state index is -0.0718. The van der Waals surface area contributed by atoms with Crippen molar-refractivity contribution >= 4 is 23.4 Å². The van der Waals surface area contributed by atoms with Crippen LogP contribution in [-0.2, 0) is 17.8 Å². The van der Waals surface area contributed by atoms with E-state index in [1.807, 2.05) is 30.3 Å². The van der Waals surface area contributed by atoms with Gasteiger partial charge in [0.15, 0.2) is 0 Å². The first-order valence-corrected chi connectivity index (χ1v) is 8.05. The van der Waals surface area contributed by atoms with Crippen molar-refractivity contribution in [3.8, 4) is 0 Å². The van der Waals surface area contributed by atoms with Crippen molar-refractivity contribution in [1.82, 2.24) is 0 Å². The Morgan fingerprint density at radius 3 is 2.52 bits per heavy atom. The van der Waals surface area contributed by atoms with Crippen molar-refractivity contribution in [2.75, 3.05) is 16.8 Å². The molecule has 0 aliphatic heterocycles. The number of nitrogens with one attached hydrogen (secondary N) is 1. The smallest absolute Gasteiger partial charge is 0.234 e. The summed E-state index contributed by atoms with van der Waals surface area (Å²) in [6, 6.07) is 17.5. The standard InChI is InChI=1S/C17H19NO2S/c19-12-15-8-4-5-9-16(15)18-17(20)13-21-11-10-14-6-2-1-3-7-14/h1-9,19H,10-13H2,(H,18,20). The van der Waals surface area contributed by atoms with Crippen molar-refractivity contribution < 1.29 is 9.90 Å². The second kappa shape index (κ2) is 8.49. The van der Waals surface area contributed by atoms with Crippen LogP contribution in [0.25, 0.3) is 0 Å². The number of hydrogen-bond acceptors (Lipinski definition) is 3. The summed E-state index contributed by atoms with van der Waals surface area (Å²) in [5, 5.41) is 12.1. The molecule has 1 amide bonds. The molecule has 0 unspecified atom stereocenters. The number of amides is 1. The lowest BCUT2D eigenvalue weighted by Crippen LogP contribution is -2.15. The van der Waals surface area contributed by atoms with E-state index in [4.69, 9.17) is 0 Å². The van der Waals surface area contributed by atoms with E-state index in [1.165, 1.54) is 5.56 Å². The number of aryl methyl sites for hydroxylation is 1. The molecule has 4 heteroatoms. The predicted molar refractivity (Wildman–Crippen MR) is 88.5 cm³/mol. The number of carbonyl (C=O) groups is 1. The molecule has 0 aromatic heterocycles. The third kappa shape index (κ3) is 5.25. The lowest BCUT2D eigenvalue weighted by molar-refractivity contribution is -0.113. The average Bonchev–Trinajstić information content (AvgIpc) is 2.53. The molecule has 3 nitrogen and oxygen atoms in total. The first kappa shape index (κ1) is 15.6. The second-order valence-corrected chi connectivity index (χ2v) is 5.76. The summed E-state index contributed by atoms with van der Waals surface area (Å²) in [5.41, 5.74) is 2.71. The largest absolute Gasteiger partial charge is 0.392 e. The van der Waals surface area contributed by atoms with Crippen molar-refractivity contribution in [1.29, 1.82) is 0 Å². The summed E-state index contributed by atoms with van der Waals surface area (Å²) in [6.45, 7) is -0.0718. The molecule has 0 spiro atoms. The van der Waals surface area contributed by atoms with Gasteiger partial charge < -0.3 is 10.4 Å². The zero-order chi connectivity index (χ0) is 14.9. The monoisotopic (exact) mass is 301 g/mol. The molecule has 0 fully saturated rings. The van der Waals surface area contributed by atoms with Gasteiger partial charge in [-0.1, -0.05) is 48.5 Å². The van der Waals surface area contributed by atoms with Crippen LogP contribution in [0.3, 0.4) is 0 Å². The normalized spacial score (nSPS) is 10.3. The second-order valence-electron chi connectivity index (χ2n) is 4.65. The Hall–Kier alpha value is -1.78. The number of hydrogen-bond donors (Lipinski definition) is 2. The molecule has 2 aromatic carbocycles. The van der Waals surface area contributed by atoms with Crippen LogP contribution in [0.4, 0.5) is 5.69 Å². The van der Waals surface area contributed by atoms with Gasteiger partial charge in [-0.05, 0) is 23.8 Å². The van der Waals surface area contributed by atoms with Gasteiger partial charge in [-0.15, -0.1) is 0 Å². The molecule has 2 N–H and O–H groups in total. The Balaban J connectivity index is 1.72. The molecule has 110 valence electrons. The molecule has 0 saturated heterocycles. The molecule has 0 atom stereocenters. The predicted octanol–water partition coefficient (Wildman–Crippen LogP) is 3.09. The summed E-state index contributed by atoms with van der Waals surface area (Å²) in [5.74, 6) is 1.31. The molecule has 0 aliphatic rings. The summed E-state index contributed by atoms with van der Waals surface area (Å²) < 4.78 is 0. The van der Waals surface area contributed by atoms with Crippen LogP contribution in [0.1, 0.15) is 11.1 Å². The highest BCUT2D eigenvalue weighted by Crippen LogP contribution is 2.15. The Morgan fingerprint density at radius 1 is 1.05 bits per heavy atom. The van der Waals surface area contributed by atoms with Crippen LogP contribution in [0.15, 0.2) is 54.6 Å². The molecule has 2 aromatic rings. The van der Waals surface area contributed by atoms with E-state index in [0.29, 0.717) is 11.4 Å². The lowest BCUT2D eigenvalue weighted by Gasteiger charge is -2.09. The quantitative estimate of drug-likeness (QED) is 0.773. The maximum Gasteiger partial charge on any atom is 0.234 e. The molecular weight excluding hydrogens is 282 g/mol. The summed E-state index contributed by atoms with van der Waals surface area (Å²) in [4.78, 5) is 11.9. The van der Waals surface area contributed by atoms with Gasteiger partial charge in [-0.25, -0.2) is 0 Å². The zero-order valence-corrected chi connectivity index (χ0v) is 12.6. The number of rotatable bonds is 7. The number of anilines is 1. The first-order chi connectivity index (χ1) is 10.3. The molecule has 0 aliphatic carbocycles. The van der Waals surface area contributed by atoms with E-state index in [0.717, 1.165) is 17.7 Å². The maximum atomic E-state index is 11.9. The molecule has 2 rings (SSSR count). The van der Waals surface area contributed by atoms with Gasteiger partial charge in [0.1, 0.15) is 0 Å². The number of carbonyl (C=O) groups excluding carboxylic acids is 1. The van der Waals surface area contributed by atoms with Crippen molar-refractivity contribution in [2.45, 2.75) is 13.0 Å². The Labute approximate surface area is 129 Å². The fraction of sp³-hybridized carbons (Fsp3) is 0.235. The van der Waals surface area contributed by atoms with E-state index in [-0.39, 0.29) is 12.5 Å². The number of benzene rings is 2. The fourth-order valence-corrected chi connectivity index (χ4v) is 2.75. The first-order valence-electron chi connectivity index (χ1n) is 6.90. The maximum absolute atomic E-state index is 11.9. The van der Waals surface area contributed by atoms with Crippen LogP contribution < -0.4 is 5.32 Å². The van der Waals surface area contributed by atoms with Gasteiger partial charge in [0, 0.05) is 11.3 Å². The number of aliphatic hydroxyl groups excluding tert-OH is 1. The van der Waals surface area contributed by atoms with E-state index >= 15 is 0 Å². The van der Waals surface area contributed by atoms with E-state index in [2.05, 4.69) is 17.4 Å². The van der Waals surface area contributed by atoms with Gasteiger partial charge in [0.05, 0.1) is 12.4 Å². The average molecular weight is 301 g/mol. The SMILES string of the molecule is O=C(CSCCc1ccccc1)Nc1ccccc1CO. The third-order valence-corrected chi connectivity index (χ3v) is 4.03. The van der Waals surface area contributed by atoms with Crippen LogP contribution in [0.5, 0.6) is 0 Å². The van der Waals surface area contributed by atoms with Gasteiger partial charge in [-0.2, -0.15) is 11.8 Å². The van der Waals surface area contributed by atoms with Gasteiger partial charge in [-0.3, -0.25) is 4.79 Å². The topological polar surface area (TPSA) is 49.3 Å². The highest BCUT2D eigenvalue weighted by molar-refractivity contribution is 7.99. The van der Waals surface area contributed by atoms with Crippen LogP contribution >= 0.6 is 11.8 Å². The third-order valence-electron chi connectivity index (χ3n) is 3.07. The van der Waals surface area contributed by atoms with Crippen LogP contribution in [0, 0.1) is 0 Å². The number of thioether (sulfide) groups is 1. The molecule has 0 radical (unpaired) electrons. The highest BCUT2D eigenvalue weighted by Gasteiger charge is 2.06. The van der Waals surface area contributed by atoms with Crippen LogP contribution in [0.2, 0.25) is 0 Å². The Bertz CT molecular complexity index is 572. The van der Waals surface area contributed by atoms with Crippen molar-refractivity contribution in [2.24, 2.45) is 0 Å². The minimum Gasteiger partial charge on any atom is -0.392 e. The van der Waals surface area contributed by atoms with Gasteiger partial charge >= 0.3 is 0 Å². The summed E-state index contributed by atoms with van der Waals surface area (Å²) in [7, 11) is 0. The van der Waals surface area contributed by atoms with E-state index < -0.39 is 0 Å². The number of aliphatic hydroxyl groups is 1. The molecular formula is C17H19NO2S. The summed E-state index contributed by atoms with van der Waals surface area (Å²) in [6.07, 6.45) is 0.964. The van der Waals surface area contributed by atoms with Gasteiger partial charge in [0.2, 0.25) is 5.91 Å². The van der Waals surface area contributed by atoms with Gasteiger partial charge in [0.25, 0.3) is 0 Å². The Kier molecular flexibility index (Phi) is 6.31. The van der Waals surface area contributed by atoms with Crippen molar-refractivity contribution in [3.63, 3.8) is 0 Å². The fourth-order valence-electron chi connectivity index (χ4n) is 1.97. The molecule has 0 heterocycles. The molecule has 21 heavy (non-hydrogen) atoms. The summed E-state index contributed by atoms with van der Waals surface area (Å²) >= 11 is 1.61. The number of para-hydroxylation sites is 1. The highest BCUT2D eigenvalue weighted by atomic mass is 32.2. The van der Waals surface area contributed by atoms with Crippen molar-refractivity contribution in [3.05, 3.63) is 65.7 Å². The molecule has 0 saturated carbocycles. The van der Waals surface area contributed by atoms with E-state index in [9.17, 15) is 9.90 Å². The van der Waals surface area contributed by atoms with Crippen LogP contribution in [-0.4, -0.2) is 22.5 Å². The zero-order valence-electron chi connectivity index (χ0n) is 11.8. The van der Waals surface area contributed by atoms with E-state index in [1.54, 1.807) is 23.9 Å². The Morgan fingerprint density at radius 2 is 1.76 bits per heavy atom.